The van der Waals surface area contributed by atoms with Crippen LogP contribution in [0, 0.1) is 13.8 Å². The Morgan fingerprint density at radius 3 is 2.65 bits per heavy atom. The predicted octanol–water partition coefficient (Wildman–Crippen LogP) is 1.75. The van der Waals surface area contributed by atoms with E-state index in [1.165, 1.54) is 11.3 Å². The minimum Gasteiger partial charge on any atom is -0.391 e. The Morgan fingerprint density at radius 2 is 2.18 bits per heavy atom. The Kier molecular flexibility index (Phi) is 5.08. The van der Waals surface area contributed by atoms with Crippen LogP contribution in [0.25, 0.3) is 0 Å². The zero-order valence-corrected chi connectivity index (χ0v) is 11.8. The van der Waals surface area contributed by atoms with Crippen molar-refractivity contribution in [2.24, 2.45) is 5.73 Å². The predicted molar refractivity (Wildman–Crippen MR) is 73.3 cm³/mol. The number of thiocarbonyl (C=S) groups is 1. The van der Waals surface area contributed by atoms with E-state index in [0.29, 0.717) is 11.6 Å². The van der Waals surface area contributed by atoms with E-state index in [2.05, 4.69) is 18.9 Å². The van der Waals surface area contributed by atoms with Crippen LogP contribution in [0.3, 0.4) is 0 Å². The Labute approximate surface area is 108 Å². The van der Waals surface area contributed by atoms with E-state index < -0.39 is 0 Å². The number of aryl methyl sites for hydroxylation is 1. The normalized spacial score (nSPS) is 12.7. The Bertz CT molecular complexity index is 401. The largest absolute Gasteiger partial charge is 0.391 e. The molecule has 1 aromatic rings. The van der Waals surface area contributed by atoms with Crippen molar-refractivity contribution in [2.45, 2.75) is 46.8 Å². The summed E-state index contributed by atoms with van der Waals surface area (Å²) >= 11 is 4.85. The van der Waals surface area contributed by atoms with Gasteiger partial charge in [0, 0.05) is 5.69 Å². The smallest absolute Gasteiger partial charge is 0.104 e. The first-order chi connectivity index (χ1) is 7.97. The van der Waals surface area contributed by atoms with Crippen molar-refractivity contribution < 1.29 is 4.74 Å². The van der Waals surface area contributed by atoms with Crippen molar-refractivity contribution in [3.8, 4) is 0 Å². The van der Waals surface area contributed by atoms with E-state index in [0.717, 1.165) is 18.7 Å². The van der Waals surface area contributed by atoms with Gasteiger partial charge in [-0.1, -0.05) is 19.1 Å². The Morgan fingerprint density at radius 1 is 1.53 bits per heavy atom. The summed E-state index contributed by atoms with van der Waals surface area (Å²) in [4.78, 5) is 0.396. The van der Waals surface area contributed by atoms with Gasteiger partial charge < -0.3 is 10.5 Å². The van der Waals surface area contributed by atoms with E-state index in [9.17, 15) is 0 Å². The maximum absolute atomic E-state index is 5.52. The maximum atomic E-state index is 5.52. The molecule has 0 bridgehead atoms. The van der Waals surface area contributed by atoms with Gasteiger partial charge in [0.2, 0.25) is 0 Å². The molecule has 17 heavy (non-hydrogen) atoms. The minimum atomic E-state index is -0.174. The Balaban J connectivity index is 2.55. The van der Waals surface area contributed by atoms with Gasteiger partial charge in [-0.05, 0) is 32.8 Å². The van der Waals surface area contributed by atoms with Gasteiger partial charge in [0.15, 0.2) is 0 Å². The fraction of sp³-hybridized carbons (Fsp3) is 0.667. The highest BCUT2D eigenvalue weighted by Gasteiger charge is 2.10. The molecule has 0 aliphatic heterocycles. The molecule has 4 nitrogen and oxygen atoms in total. The second kappa shape index (κ2) is 6.12. The van der Waals surface area contributed by atoms with E-state index in [4.69, 9.17) is 22.7 Å². The molecule has 96 valence electrons. The quantitative estimate of drug-likeness (QED) is 0.787. The highest BCUT2D eigenvalue weighted by molar-refractivity contribution is 7.80. The van der Waals surface area contributed by atoms with Crippen LogP contribution in [0.15, 0.2) is 0 Å². The number of hydrogen-bond acceptors (Lipinski definition) is 3. The standard InChI is InChI=1S/C12H21N3OS/c1-5-11-8(2)14-15(9(11)3)6-7-16-10(4)12(13)17/h10H,5-7H2,1-4H3,(H2,13,17). The molecule has 0 aliphatic carbocycles. The van der Waals surface area contributed by atoms with Crippen LogP contribution >= 0.6 is 12.2 Å². The van der Waals surface area contributed by atoms with Gasteiger partial charge in [-0.2, -0.15) is 5.10 Å². The van der Waals surface area contributed by atoms with Gasteiger partial charge in [0.1, 0.15) is 11.1 Å². The molecule has 0 aliphatic rings. The highest BCUT2D eigenvalue weighted by Crippen LogP contribution is 2.13. The molecule has 1 heterocycles. The lowest BCUT2D eigenvalue weighted by Gasteiger charge is -2.11. The molecule has 1 aromatic heterocycles. The van der Waals surface area contributed by atoms with Gasteiger partial charge in [0.05, 0.1) is 18.8 Å². The minimum absolute atomic E-state index is 0.174. The third-order valence-corrected chi connectivity index (χ3v) is 3.29. The van der Waals surface area contributed by atoms with Crippen molar-refractivity contribution in [2.75, 3.05) is 6.61 Å². The lowest BCUT2D eigenvalue weighted by atomic mass is 10.1. The number of hydrogen-bond donors (Lipinski definition) is 1. The van der Waals surface area contributed by atoms with Crippen LogP contribution in [0.2, 0.25) is 0 Å². The third-order valence-electron chi connectivity index (χ3n) is 2.96. The lowest BCUT2D eigenvalue weighted by Crippen LogP contribution is -2.27. The van der Waals surface area contributed by atoms with Crippen molar-refractivity contribution in [1.29, 1.82) is 0 Å². The summed E-state index contributed by atoms with van der Waals surface area (Å²) in [6.45, 7) is 9.45. The van der Waals surface area contributed by atoms with Crippen molar-refractivity contribution in [3.63, 3.8) is 0 Å². The topological polar surface area (TPSA) is 53.1 Å². The summed E-state index contributed by atoms with van der Waals surface area (Å²) in [6, 6.07) is 0. The fourth-order valence-electron chi connectivity index (χ4n) is 1.86. The molecule has 0 aromatic carbocycles. The number of ether oxygens (including phenoxy) is 1. The van der Waals surface area contributed by atoms with Crippen LogP contribution in [0.5, 0.6) is 0 Å². The average Bonchev–Trinajstić information content (AvgIpc) is 2.53. The van der Waals surface area contributed by atoms with Crippen molar-refractivity contribution in [1.82, 2.24) is 9.78 Å². The van der Waals surface area contributed by atoms with Gasteiger partial charge in [-0.25, -0.2) is 0 Å². The van der Waals surface area contributed by atoms with Crippen molar-refractivity contribution in [3.05, 3.63) is 17.0 Å². The summed E-state index contributed by atoms with van der Waals surface area (Å²) in [7, 11) is 0. The van der Waals surface area contributed by atoms with Crippen LogP contribution in [-0.2, 0) is 17.7 Å². The summed E-state index contributed by atoms with van der Waals surface area (Å²) < 4.78 is 7.50. The highest BCUT2D eigenvalue weighted by atomic mass is 32.1. The molecule has 0 saturated heterocycles. The molecule has 0 saturated carbocycles. The molecular weight excluding hydrogens is 234 g/mol. The van der Waals surface area contributed by atoms with E-state index in [1.807, 2.05) is 18.5 Å². The fourth-order valence-corrected chi connectivity index (χ4v) is 1.93. The van der Waals surface area contributed by atoms with Gasteiger partial charge in [-0.3, -0.25) is 4.68 Å². The molecule has 1 unspecified atom stereocenters. The maximum Gasteiger partial charge on any atom is 0.104 e. The number of nitrogens with two attached hydrogens (primary N) is 1. The Hall–Kier alpha value is -0.940. The summed E-state index contributed by atoms with van der Waals surface area (Å²) in [6.07, 6.45) is 0.842. The third kappa shape index (κ3) is 3.51. The molecule has 5 heteroatoms. The number of aromatic nitrogens is 2. The summed E-state index contributed by atoms with van der Waals surface area (Å²) in [5, 5.41) is 4.50. The van der Waals surface area contributed by atoms with Crippen LogP contribution in [0.1, 0.15) is 30.8 Å². The molecule has 0 spiro atoms. The second-order valence-corrected chi connectivity index (χ2v) is 4.61. The molecule has 2 N–H and O–H groups in total. The molecule has 0 fully saturated rings. The number of rotatable bonds is 6. The zero-order chi connectivity index (χ0) is 13.0. The number of nitrogens with zero attached hydrogens (tertiary/aromatic N) is 2. The van der Waals surface area contributed by atoms with Crippen LogP contribution in [-0.4, -0.2) is 27.5 Å². The molecular formula is C12H21N3OS. The molecule has 1 atom stereocenters. The molecule has 0 amide bonds. The van der Waals surface area contributed by atoms with Gasteiger partial charge in [0.25, 0.3) is 0 Å². The van der Waals surface area contributed by atoms with Crippen LogP contribution < -0.4 is 5.73 Å². The molecule has 1 rings (SSSR count). The summed E-state index contributed by atoms with van der Waals surface area (Å²) in [5.41, 5.74) is 9.13. The van der Waals surface area contributed by atoms with E-state index in [1.54, 1.807) is 0 Å². The second-order valence-electron chi connectivity index (χ2n) is 4.14. The van der Waals surface area contributed by atoms with Gasteiger partial charge >= 0.3 is 0 Å². The van der Waals surface area contributed by atoms with E-state index >= 15 is 0 Å². The zero-order valence-electron chi connectivity index (χ0n) is 11.0. The molecule has 0 radical (unpaired) electrons. The first-order valence-electron chi connectivity index (χ1n) is 5.91. The van der Waals surface area contributed by atoms with Gasteiger partial charge in [-0.15, -0.1) is 0 Å². The average molecular weight is 255 g/mol. The monoisotopic (exact) mass is 255 g/mol. The SMILES string of the molecule is CCc1c(C)nn(CCOC(C)C(N)=S)c1C. The van der Waals surface area contributed by atoms with Crippen molar-refractivity contribution >= 4 is 17.2 Å². The first kappa shape index (κ1) is 14.1. The van der Waals surface area contributed by atoms with E-state index in [-0.39, 0.29) is 6.10 Å². The van der Waals surface area contributed by atoms with Crippen LogP contribution in [0.4, 0.5) is 0 Å². The summed E-state index contributed by atoms with van der Waals surface area (Å²) in [5.74, 6) is 0. The lowest BCUT2D eigenvalue weighted by molar-refractivity contribution is 0.101. The first-order valence-corrected chi connectivity index (χ1v) is 6.32.